The van der Waals surface area contributed by atoms with Crippen LogP contribution in [0.2, 0.25) is 0 Å². The van der Waals surface area contributed by atoms with Crippen molar-refractivity contribution in [2.45, 2.75) is 13.3 Å². The second-order valence-electron chi connectivity index (χ2n) is 12.0. The second kappa shape index (κ2) is 8.97. The smallest absolute Gasteiger partial charge is 0.291 e. The van der Waals surface area contributed by atoms with Crippen LogP contribution in [0.3, 0.4) is 0 Å². The lowest BCUT2D eigenvalue weighted by Gasteiger charge is -2.61. The normalized spacial score (nSPS) is 16.7. The largest absolute Gasteiger partial charge is 0.509 e. The zero-order valence-electron chi connectivity index (χ0n) is 23.1. The standard InChI is InChI=1S/C37H34BN/c1-27-22-23-39(2,3)38(35-20-18-29-11-5-8-14-32(29)25-35,36-21-19-30-12-6-9-15-33(30)26-36)37(27)34-17-16-28-10-4-7-13-31(28)24-34/h4-21,24-26H,22-23H2,1-3H3. The van der Waals surface area contributed by atoms with Gasteiger partial charge in [-0.15, -0.1) is 16.4 Å². The quantitative estimate of drug-likeness (QED) is 0.217. The predicted octanol–water partition coefficient (Wildman–Crippen LogP) is 7.70. The third-order valence-corrected chi connectivity index (χ3v) is 9.56. The minimum Gasteiger partial charge on any atom is -0.509 e. The van der Waals surface area contributed by atoms with Crippen molar-refractivity contribution in [2.24, 2.45) is 0 Å². The van der Waals surface area contributed by atoms with Crippen LogP contribution in [0.1, 0.15) is 18.9 Å². The molecule has 39 heavy (non-hydrogen) atoms. The Balaban J connectivity index is 1.61. The van der Waals surface area contributed by atoms with Crippen molar-refractivity contribution in [2.75, 3.05) is 20.6 Å². The summed E-state index contributed by atoms with van der Waals surface area (Å²) >= 11 is 0. The summed E-state index contributed by atoms with van der Waals surface area (Å²) in [6.07, 6.45) is -0.280. The first-order valence-corrected chi connectivity index (χ1v) is 14.1. The van der Waals surface area contributed by atoms with Crippen molar-refractivity contribution < 1.29 is 4.39 Å². The highest BCUT2D eigenvalue weighted by molar-refractivity contribution is 7.10. The number of benzene rings is 6. The van der Waals surface area contributed by atoms with Gasteiger partial charge in [0, 0.05) is 27.1 Å². The Morgan fingerprint density at radius 3 is 1.46 bits per heavy atom. The molecule has 0 bridgehead atoms. The molecule has 0 saturated carbocycles. The maximum atomic E-state index is 2.48. The molecule has 0 unspecified atom stereocenters. The van der Waals surface area contributed by atoms with Gasteiger partial charge < -0.3 is 4.39 Å². The average Bonchev–Trinajstić information content (AvgIpc) is 2.97. The molecular weight excluding hydrogens is 469 g/mol. The maximum Gasteiger partial charge on any atom is 0.291 e. The molecule has 0 saturated heterocycles. The van der Waals surface area contributed by atoms with Gasteiger partial charge in [-0.05, 0) is 39.2 Å². The van der Waals surface area contributed by atoms with Crippen molar-refractivity contribution in [1.82, 2.24) is 0 Å². The van der Waals surface area contributed by atoms with Gasteiger partial charge in [-0.1, -0.05) is 139 Å². The fourth-order valence-corrected chi connectivity index (χ4v) is 7.60. The number of hydrogen-bond donors (Lipinski definition) is 0. The molecule has 190 valence electrons. The Morgan fingerprint density at radius 2 is 0.949 bits per heavy atom. The van der Waals surface area contributed by atoms with E-state index in [9.17, 15) is 0 Å². The molecule has 6 aromatic carbocycles. The zero-order chi connectivity index (χ0) is 26.6. The Morgan fingerprint density at radius 1 is 0.513 bits per heavy atom. The molecule has 0 aromatic heterocycles. The number of rotatable bonds is 3. The molecular formula is C37H34BN. The van der Waals surface area contributed by atoms with Crippen LogP contribution in [0.25, 0.3) is 37.8 Å². The molecule has 0 radical (unpaired) electrons. The van der Waals surface area contributed by atoms with Crippen molar-refractivity contribution in [3.63, 3.8) is 0 Å². The van der Waals surface area contributed by atoms with E-state index in [-0.39, 0.29) is 0 Å². The highest BCUT2D eigenvalue weighted by Gasteiger charge is 2.50. The van der Waals surface area contributed by atoms with Crippen LogP contribution in [0.5, 0.6) is 0 Å². The van der Waals surface area contributed by atoms with Gasteiger partial charge >= 0.3 is 0 Å². The van der Waals surface area contributed by atoms with Gasteiger partial charge in [-0.2, -0.15) is 0 Å². The molecule has 0 fully saturated rings. The summed E-state index contributed by atoms with van der Waals surface area (Å²) < 4.78 is 0.913. The van der Waals surface area contributed by atoms with Gasteiger partial charge in [0.2, 0.25) is 0 Å². The summed E-state index contributed by atoms with van der Waals surface area (Å²) in [7, 11) is 4.91. The lowest BCUT2D eigenvalue weighted by atomic mass is 9.19. The summed E-state index contributed by atoms with van der Waals surface area (Å²) in [6, 6.07) is 47.9. The molecule has 0 N–H and O–H groups in total. The van der Waals surface area contributed by atoms with E-state index >= 15 is 0 Å². The number of hydrogen-bond acceptors (Lipinski definition) is 0. The molecule has 2 heteroatoms. The number of fused-ring (bicyclic) bond motifs is 3. The topological polar surface area (TPSA) is 0 Å². The van der Waals surface area contributed by atoms with Gasteiger partial charge in [0.1, 0.15) is 0 Å². The first kappa shape index (κ1) is 23.9. The van der Waals surface area contributed by atoms with E-state index in [0.29, 0.717) is 0 Å². The van der Waals surface area contributed by atoms with E-state index in [4.69, 9.17) is 0 Å². The summed E-state index contributed by atoms with van der Waals surface area (Å²) in [5.74, 6) is 0. The van der Waals surface area contributed by atoms with E-state index < -0.39 is 6.28 Å². The van der Waals surface area contributed by atoms with E-state index in [0.717, 1.165) is 17.4 Å². The van der Waals surface area contributed by atoms with Gasteiger partial charge in [-0.3, -0.25) is 0 Å². The zero-order valence-corrected chi connectivity index (χ0v) is 23.1. The lowest BCUT2D eigenvalue weighted by Crippen LogP contribution is -2.79. The van der Waals surface area contributed by atoms with Crippen LogP contribution >= 0.6 is 0 Å². The monoisotopic (exact) mass is 503 g/mol. The van der Waals surface area contributed by atoms with Gasteiger partial charge in [-0.25, -0.2) is 0 Å². The van der Waals surface area contributed by atoms with E-state index in [1.54, 1.807) is 0 Å². The van der Waals surface area contributed by atoms with Crippen molar-refractivity contribution in [3.05, 3.63) is 139 Å². The molecule has 1 aliphatic heterocycles. The number of quaternary nitrogens is 1. The van der Waals surface area contributed by atoms with Crippen molar-refractivity contribution in [1.29, 1.82) is 0 Å². The minimum absolute atomic E-state index is 0.913. The third kappa shape index (κ3) is 3.66. The van der Waals surface area contributed by atoms with E-state index in [1.165, 1.54) is 59.9 Å². The average molecular weight is 503 g/mol. The fourth-order valence-electron chi connectivity index (χ4n) is 7.60. The van der Waals surface area contributed by atoms with Crippen LogP contribution < -0.4 is 10.9 Å². The Hall–Kier alpha value is -4.14. The highest BCUT2D eigenvalue weighted by atomic mass is 15.3. The SMILES string of the molecule is CC1=C(c2ccc3ccccc3c2)[B-](c2ccc3ccccc3c2)(c2ccc3ccccc3c2)[N+](C)(C)CC1. The van der Waals surface area contributed by atoms with Crippen LogP contribution in [0, 0.1) is 0 Å². The predicted molar refractivity (Wildman–Crippen MR) is 171 cm³/mol. The minimum atomic E-state index is -1.38. The Kier molecular flexibility index (Phi) is 5.51. The molecule has 0 atom stereocenters. The summed E-state index contributed by atoms with van der Waals surface area (Å²) in [5, 5.41) is 7.78. The van der Waals surface area contributed by atoms with Crippen LogP contribution in [-0.2, 0) is 0 Å². The summed E-state index contributed by atoms with van der Waals surface area (Å²) in [5.41, 5.74) is 7.18. The molecule has 7 rings (SSSR count). The van der Waals surface area contributed by atoms with E-state index in [1.807, 2.05) is 0 Å². The molecule has 0 amide bonds. The van der Waals surface area contributed by atoms with Gasteiger partial charge in [0.25, 0.3) is 6.28 Å². The van der Waals surface area contributed by atoms with Gasteiger partial charge in [0.05, 0.1) is 0 Å². The van der Waals surface area contributed by atoms with E-state index in [2.05, 4.69) is 148 Å². The van der Waals surface area contributed by atoms with Gasteiger partial charge in [0.15, 0.2) is 0 Å². The third-order valence-electron chi connectivity index (χ3n) is 9.56. The van der Waals surface area contributed by atoms with Crippen molar-refractivity contribution >= 4 is 55.0 Å². The maximum absolute atomic E-state index is 2.48. The second-order valence-corrected chi connectivity index (χ2v) is 12.0. The molecule has 0 spiro atoms. The highest BCUT2D eigenvalue weighted by Crippen LogP contribution is 2.41. The molecule has 0 aliphatic carbocycles. The molecule has 1 nitrogen and oxygen atoms in total. The van der Waals surface area contributed by atoms with Crippen LogP contribution in [-0.4, -0.2) is 31.3 Å². The van der Waals surface area contributed by atoms with Crippen LogP contribution in [0.4, 0.5) is 0 Å². The lowest BCUT2D eigenvalue weighted by molar-refractivity contribution is -0.787. The molecule has 6 aromatic rings. The summed E-state index contributed by atoms with van der Waals surface area (Å²) in [4.78, 5) is 0. The molecule has 1 heterocycles. The molecule has 1 aliphatic rings. The summed E-state index contributed by atoms with van der Waals surface area (Å²) in [6.45, 7) is 3.48. The Labute approximate surface area is 231 Å². The fraction of sp³-hybridized carbons (Fsp3) is 0.135. The van der Waals surface area contributed by atoms with Crippen molar-refractivity contribution in [3.8, 4) is 0 Å². The number of nitrogens with zero attached hydrogens (tertiary/aromatic N) is 1. The first-order chi connectivity index (χ1) is 19.0. The Bertz CT molecular complexity index is 1830. The van der Waals surface area contributed by atoms with Crippen LogP contribution in [0.15, 0.2) is 133 Å². The first-order valence-electron chi connectivity index (χ1n) is 14.1.